The van der Waals surface area contributed by atoms with Gasteiger partial charge in [0, 0.05) is 0 Å². The fraction of sp³-hybridized carbons (Fsp3) is 0.286. The topological polar surface area (TPSA) is 96.2 Å². The third-order valence-electron chi connectivity index (χ3n) is 5.87. The average molecular weight is 589 g/mol. The number of fused-ring (bicyclic) bond motifs is 1. The molecule has 2 aromatic carbocycles. The summed E-state index contributed by atoms with van der Waals surface area (Å²) in [5.74, 6) is -0.926. The first-order valence-electron chi connectivity index (χ1n) is 12.2. The lowest BCUT2D eigenvalue weighted by molar-refractivity contribution is -0.145. The summed E-state index contributed by atoms with van der Waals surface area (Å²) in [5.41, 5.74) is 2.84. The Morgan fingerprint density at radius 1 is 1.05 bits per heavy atom. The van der Waals surface area contributed by atoms with Crippen molar-refractivity contribution in [1.82, 2.24) is 4.57 Å². The number of hydrogen-bond acceptors (Lipinski definition) is 8. The number of aromatic nitrogens is 1. The first-order valence-corrected chi connectivity index (χ1v) is 13.8. The van der Waals surface area contributed by atoms with Gasteiger partial charge in [-0.2, -0.15) is 0 Å². The van der Waals surface area contributed by atoms with Gasteiger partial charge in [-0.3, -0.25) is 9.36 Å². The maximum Gasteiger partial charge on any atom is 0.344 e. The molecule has 3 aromatic rings. The van der Waals surface area contributed by atoms with Crippen LogP contribution in [0.2, 0.25) is 10.0 Å². The summed E-state index contributed by atoms with van der Waals surface area (Å²) in [6, 6.07) is 10.1. The lowest BCUT2D eigenvalue weighted by Gasteiger charge is -2.24. The molecular weight excluding hydrogens is 563 g/mol. The number of aryl methyl sites for hydroxylation is 1. The quantitative estimate of drug-likeness (QED) is 0.363. The maximum atomic E-state index is 13.7. The van der Waals surface area contributed by atoms with E-state index in [1.54, 1.807) is 39.0 Å². The normalized spacial score (nSPS) is 15.0. The number of carbonyl (C=O) groups excluding carboxylic acids is 2. The first kappa shape index (κ1) is 28.6. The van der Waals surface area contributed by atoms with Crippen molar-refractivity contribution in [2.75, 3.05) is 19.8 Å². The van der Waals surface area contributed by atoms with E-state index in [4.69, 9.17) is 37.4 Å². The smallest absolute Gasteiger partial charge is 0.344 e. The highest BCUT2D eigenvalue weighted by molar-refractivity contribution is 7.07. The van der Waals surface area contributed by atoms with E-state index in [-0.39, 0.29) is 41.2 Å². The van der Waals surface area contributed by atoms with E-state index in [9.17, 15) is 14.4 Å². The molecule has 1 aliphatic rings. The van der Waals surface area contributed by atoms with Crippen LogP contribution < -0.4 is 19.6 Å². The Bertz CT molecular complexity index is 1620. The van der Waals surface area contributed by atoms with Crippen LogP contribution in [0.1, 0.15) is 43.5 Å². The van der Waals surface area contributed by atoms with Crippen molar-refractivity contribution in [2.24, 2.45) is 4.99 Å². The van der Waals surface area contributed by atoms with Gasteiger partial charge in [-0.05, 0) is 57.0 Å². The van der Waals surface area contributed by atoms with Gasteiger partial charge in [-0.1, -0.05) is 64.4 Å². The monoisotopic (exact) mass is 588 g/mol. The van der Waals surface area contributed by atoms with Gasteiger partial charge < -0.3 is 14.2 Å². The molecule has 204 valence electrons. The van der Waals surface area contributed by atoms with Crippen LogP contribution in [0.5, 0.6) is 5.75 Å². The van der Waals surface area contributed by atoms with Gasteiger partial charge in [0.15, 0.2) is 17.2 Å². The second-order valence-corrected chi connectivity index (χ2v) is 10.4. The van der Waals surface area contributed by atoms with E-state index < -0.39 is 18.0 Å². The number of thiazole rings is 1. The predicted octanol–water partition coefficient (Wildman–Crippen LogP) is 4.36. The zero-order valence-corrected chi connectivity index (χ0v) is 24.1. The minimum Gasteiger partial charge on any atom is -0.479 e. The van der Waals surface area contributed by atoms with Crippen LogP contribution in [0, 0.1) is 6.92 Å². The second-order valence-electron chi connectivity index (χ2n) is 8.62. The summed E-state index contributed by atoms with van der Waals surface area (Å²) in [7, 11) is 0. The van der Waals surface area contributed by atoms with Gasteiger partial charge in [0.05, 0.1) is 45.1 Å². The van der Waals surface area contributed by atoms with Crippen LogP contribution in [0.3, 0.4) is 0 Å². The van der Waals surface area contributed by atoms with Crippen molar-refractivity contribution in [3.05, 3.63) is 94.1 Å². The van der Waals surface area contributed by atoms with E-state index in [1.807, 2.05) is 31.2 Å². The minimum atomic E-state index is -0.700. The number of ether oxygens (including phenoxy) is 3. The Morgan fingerprint density at radius 2 is 1.69 bits per heavy atom. The Kier molecular flexibility index (Phi) is 8.94. The highest BCUT2D eigenvalue weighted by Crippen LogP contribution is 2.35. The third-order valence-corrected chi connectivity index (χ3v) is 7.41. The standard InChI is InChI=1S/C28H26Cl2N2O6S/c1-5-36-22(33)14-38-25-19(29)11-17(12-20(25)30)13-21-26(34)32-24(18-9-7-15(3)8-10-18)23(27(35)37-6-2)16(4)31-28(32)39-21/h7-13,24H,5-6,14H2,1-4H3/b21-13+/t24-/m0/s1. The highest BCUT2D eigenvalue weighted by atomic mass is 35.5. The summed E-state index contributed by atoms with van der Waals surface area (Å²) >= 11 is 14.0. The number of allylic oxidation sites excluding steroid dienone is 1. The highest BCUT2D eigenvalue weighted by Gasteiger charge is 2.33. The average Bonchev–Trinajstić information content (AvgIpc) is 3.17. The largest absolute Gasteiger partial charge is 0.479 e. The van der Waals surface area contributed by atoms with Crippen molar-refractivity contribution >= 4 is 52.6 Å². The van der Waals surface area contributed by atoms with Crippen LogP contribution in [0.4, 0.5) is 0 Å². The minimum absolute atomic E-state index is 0.138. The van der Waals surface area contributed by atoms with Crippen molar-refractivity contribution in [3.8, 4) is 5.75 Å². The number of rotatable bonds is 8. The molecule has 0 radical (unpaired) electrons. The molecule has 1 atom stereocenters. The van der Waals surface area contributed by atoms with Crippen molar-refractivity contribution in [1.29, 1.82) is 0 Å². The molecule has 1 aliphatic heterocycles. The van der Waals surface area contributed by atoms with Gasteiger partial charge in [0.2, 0.25) is 0 Å². The fourth-order valence-corrected chi connectivity index (χ4v) is 5.80. The Labute approximate surface area is 238 Å². The summed E-state index contributed by atoms with van der Waals surface area (Å²) in [4.78, 5) is 43.4. The molecule has 0 amide bonds. The molecule has 0 aliphatic carbocycles. The molecule has 1 aromatic heterocycles. The summed E-state index contributed by atoms with van der Waals surface area (Å²) in [5, 5.41) is 0.340. The molecule has 11 heteroatoms. The summed E-state index contributed by atoms with van der Waals surface area (Å²) in [6.07, 6.45) is 1.65. The first-order chi connectivity index (χ1) is 18.6. The number of hydrogen-bond donors (Lipinski definition) is 0. The van der Waals surface area contributed by atoms with Gasteiger partial charge >= 0.3 is 11.9 Å². The van der Waals surface area contributed by atoms with Gasteiger partial charge in [0.25, 0.3) is 5.56 Å². The van der Waals surface area contributed by atoms with Crippen molar-refractivity contribution in [2.45, 2.75) is 33.7 Å². The predicted molar refractivity (Wildman–Crippen MR) is 150 cm³/mol. The Balaban J connectivity index is 1.80. The SMILES string of the molecule is CCOC(=O)COc1c(Cl)cc(/C=c2/sc3n(c2=O)[C@@H](c2ccc(C)cc2)C(C(=O)OCC)=C(C)N=3)cc1Cl. The number of esters is 2. The van der Waals surface area contributed by atoms with E-state index in [0.29, 0.717) is 26.2 Å². The molecule has 0 fully saturated rings. The zero-order chi connectivity index (χ0) is 28.3. The van der Waals surface area contributed by atoms with Gasteiger partial charge in [0.1, 0.15) is 0 Å². The van der Waals surface area contributed by atoms with E-state index in [2.05, 4.69) is 4.99 Å². The number of benzene rings is 2. The maximum absolute atomic E-state index is 13.7. The second kappa shape index (κ2) is 12.2. The molecule has 0 unspecified atom stereocenters. The van der Waals surface area contributed by atoms with Crippen molar-refractivity contribution in [3.63, 3.8) is 0 Å². The molecule has 0 saturated carbocycles. The number of halogens is 2. The van der Waals surface area contributed by atoms with Crippen LogP contribution in [0.25, 0.3) is 6.08 Å². The molecule has 0 spiro atoms. The van der Waals surface area contributed by atoms with Crippen LogP contribution in [0.15, 0.2) is 57.5 Å². The molecule has 0 saturated heterocycles. The third kappa shape index (κ3) is 6.11. The summed E-state index contributed by atoms with van der Waals surface area (Å²) in [6.45, 7) is 7.20. The zero-order valence-electron chi connectivity index (χ0n) is 21.7. The summed E-state index contributed by atoms with van der Waals surface area (Å²) < 4.78 is 17.5. The Morgan fingerprint density at radius 3 is 2.31 bits per heavy atom. The fourth-order valence-electron chi connectivity index (χ4n) is 4.14. The molecule has 39 heavy (non-hydrogen) atoms. The number of carbonyl (C=O) groups is 2. The van der Waals surface area contributed by atoms with E-state index >= 15 is 0 Å². The van der Waals surface area contributed by atoms with E-state index in [1.165, 1.54) is 15.9 Å². The lowest BCUT2D eigenvalue weighted by atomic mass is 9.95. The van der Waals surface area contributed by atoms with Crippen LogP contribution >= 0.6 is 34.5 Å². The van der Waals surface area contributed by atoms with Crippen LogP contribution in [-0.4, -0.2) is 36.3 Å². The molecular formula is C28H26Cl2N2O6S. The molecule has 4 rings (SSSR count). The van der Waals surface area contributed by atoms with Gasteiger partial charge in [-0.25, -0.2) is 14.6 Å². The number of nitrogens with zero attached hydrogens (tertiary/aromatic N) is 2. The molecule has 0 N–H and O–H groups in total. The molecule has 2 heterocycles. The van der Waals surface area contributed by atoms with Gasteiger partial charge in [-0.15, -0.1) is 0 Å². The Hall–Kier alpha value is -3.40. The van der Waals surface area contributed by atoms with Crippen LogP contribution in [-0.2, 0) is 19.1 Å². The van der Waals surface area contributed by atoms with Crippen molar-refractivity contribution < 1.29 is 23.8 Å². The lowest BCUT2D eigenvalue weighted by Crippen LogP contribution is -2.39. The van der Waals surface area contributed by atoms with E-state index in [0.717, 1.165) is 11.1 Å². The molecule has 0 bridgehead atoms. The molecule has 8 nitrogen and oxygen atoms in total.